The number of amides is 1. The van der Waals surface area contributed by atoms with Gasteiger partial charge in [0.05, 0.1) is 10.2 Å². The van der Waals surface area contributed by atoms with E-state index >= 15 is 0 Å². The van der Waals surface area contributed by atoms with Crippen molar-refractivity contribution in [1.29, 1.82) is 0 Å². The van der Waals surface area contributed by atoms with Crippen molar-refractivity contribution in [2.24, 2.45) is 0 Å². The van der Waals surface area contributed by atoms with Crippen molar-refractivity contribution in [2.75, 3.05) is 4.90 Å². The Morgan fingerprint density at radius 2 is 1.83 bits per heavy atom. The third kappa shape index (κ3) is 4.72. The van der Waals surface area contributed by atoms with Gasteiger partial charge in [0.25, 0.3) is 0 Å². The van der Waals surface area contributed by atoms with Crippen molar-refractivity contribution in [3.63, 3.8) is 0 Å². The van der Waals surface area contributed by atoms with Crippen molar-refractivity contribution in [2.45, 2.75) is 33.3 Å². The van der Waals surface area contributed by atoms with Gasteiger partial charge in [-0.05, 0) is 67.4 Å². The van der Waals surface area contributed by atoms with Crippen LogP contribution in [-0.2, 0) is 4.74 Å². The highest BCUT2D eigenvalue weighted by atomic mass is 79.9. The lowest BCUT2D eigenvalue weighted by atomic mass is 10.2. The average Bonchev–Trinajstić information content (AvgIpc) is 2.38. The molecule has 0 radical (unpaired) electrons. The Balaban J connectivity index is 2.50. The van der Waals surface area contributed by atoms with Crippen molar-refractivity contribution < 1.29 is 13.9 Å². The van der Waals surface area contributed by atoms with E-state index in [9.17, 15) is 9.18 Å². The summed E-state index contributed by atoms with van der Waals surface area (Å²) in [5, 5.41) is 0. The first-order chi connectivity index (χ1) is 10.7. The molecule has 0 saturated heterocycles. The highest BCUT2D eigenvalue weighted by Gasteiger charge is 2.27. The van der Waals surface area contributed by atoms with Crippen LogP contribution < -0.4 is 4.90 Å². The molecule has 0 aliphatic heterocycles. The smallest absolute Gasteiger partial charge is 0.421 e. The first-order valence-corrected chi connectivity index (χ1v) is 7.73. The summed E-state index contributed by atoms with van der Waals surface area (Å²) in [5.41, 5.74) is 0.275. The van der Waals surface area contributed by atoms with E-state index in [2.05, 4.69) is 25.9 Å². The van der Waals surface area contributed by atoms with Crippen LogP contribution in [-0.4, -0.2) is 21.7 Å². The summed E-state index contributed by atoms with van der Waals surface area (Å²) in [6.07, 6.45) is 2.34. The zero-order chi connectivity index (χ0) is 17.2. The third-order valence-corrected chi connectivity index (χ3v) is 3.08. The predicted octanol–water partition coefficient (Wildman–Crippen LogP) is 4.76. The Hall–Kier alpha value is -2.02. The first-order valence-electron chi connectivity index (χ1n) is 6.93. The second-order valence-corrected chi connectivity index (χ2v) is 6.92. The van der Waals surface area contributed by atoms with Crippen LogP contribution >= 0.6 is 15.9 Å². The normalized spacial score (nSPS) is 11.2. The number of anilines is 2. The summed E-state index contributed by atoms with van der Waals surface area (Å²) in [7, 11) is 0. The molecule has 0 saturated carbocycles. The lowest BCUT2D eigenvalue weighted by Crippen LogP contribution is -2.34. The predicted molar refractivity (Wildman–Crippen MR) is 89.2 cm³/mol. The van der Waals surface area contributed by atoms with Crippen LogP contribution in [0.15, 0.2) is 35.1 Å². The molecule has 1 amide bonds. The molecule has 0 unspecified atom stereocenters. The molecule has 5 nitrogen and oxygen atoms in total. The number of nitrogens with zero attached hydrogens (tertiary/aromatic N) is 3. The molecule has 2 rings (SSSR count). The Morgan fingerprint density at radius 3 is 2.35 bits per heavy atom. The highest BCUT2D eigenvalue weighted by Crippen LogP contribution is 2.27. The van der Waals surface area contributed by atoms with Gasteiger partial charge >= 0.3 is 6.09 Å². The number of carbonyl (C=O) groups excluding carboxylic acids is 1. The molecule has 0 aliphatic carbocycles. The van der Waals surface area contributed by atoms with E-state index in [0.29, 0.717) is 15.7 Å². The monoisotopic (exact) mass is 381 g/mol. The second-order valence-electron chi connectivity index (χ2n) is 6.00. The molecule has 1 heterocycles. The van der Waals surface area contributed by atoms with Gasteiger partial charge in [0.1, 0.15) is 11.4 Å². The Bertz CT molecular complexity index is 694. The average molecular weight is 382 g/mol. The van der Waals surface area contributed by atoms with E-state index in [1.165, 1.54) is 24.5 Å². The molecule has 2 aromatic rings. The molecule has 0 aliphatic rings. The molecule has 0 fully saturated rings. The van der Waals surface area contributed by atoms with Crippen LogP contribution in [0.3, 0.4) is 0 Å². The van der Waals surface area contributed by atoms with E-state index in [-0.39, 0.29) is 5.95 Å². The fourth-order valence-electron chi connectivity index (χ4n) is 1.88. The Kier molecular flexibility index (Phi) is 4.99. The maximum atomic E-state index is 13.7. The fourth-order valence-corrected chi connectivity index (χ4v) is 2.08. The SMILES string of the molecule is Cc1cc(F)cc(N(C(=O)OC(C)(C)C)c2ncc(Br)cn2)c1. The fraction of sp³-hybridized carbons (Fsp3) is 0.312. The zero-order valence-electron chi connectivity index (χ0n) is 13.3. The van der Waals surface area contributed by atoms with Crippen LogP contribution in [0.4, 0.5) is 20.8 Å². The lowest BCUT2D eigenvalue weighted by molar-refractivity contribution is 0.0597. The summed E-state index contributed by atoms with van der Waals surface area (Å²) < 4.78 is 19.8. The molecule has 1 aromatic heterocycles. The molecular weight excluding hydrogens is 365 g/mol. The largest absolute Gasteiger partial charge is 0.443 e. The maximum Gasteiger partial charge on any atom is 0.421 e. The van der Waals surface area contributed by atoms with Gasteiger partial charge in [-0.2, -0.15) is 0 Å². The van der Waals surface area contributed by atoms with Gasteiger partial charge in [0.15, 0.2) is 0 Å². The number of ether oxygens (including phenoxy) is 1. The number of rotatable bonds is 2. The topological polar surface area (TPSA) is 55.3 Å². The summed E-state index contributed by atoms with van der Waals surface area (Å²) in [5.74, 6) is -0.349. The molecule has 23 heavy (non-hydrogen) atoms. The van der Waals surface area contributed by atoms with Gasteiger partial charge in [-0.25, -0.2) is 24.1 Å². The van der Waals surface area contributed by atoms with E-state index in [0.717, 1.165) is 4.90 Å². The number of aryl methyl sites for hydroxylation is 1. The maximum absolute atomic E-state index is 13.7. The van der Waals surface area contributed by atoms with Crippen molar-refractivity contribution in [3.05, 3.63) is 46.4 Å². The van der Waals surface area contributed by atoms with Crippen molar-refractivity contribution in [3.8, 4) is 0 Å². The van der Waals surface area contributed by atoms with E-state index in [1.54, 1.807) is 33.8 Å². The van der Waals surface area contributed by atoms with Gasteiger partial charge in [-0.1, -0.05) is 0 Å². The minimum absolute atomic E-state index is 0.104. The van der Waals surface area contributed by atoms with Gasteiger partial charge in [-0.3, -0.25) is 0 Å². The van der Waals surface area contributed by atoms with Crippen LogP contribution in [0.25, 0.3) is 0 Å². The summed E-state index contributed by atoms with van der Waals surface area (Å²) in [6.45, 7) is 7.00. The second kappa shape index (κ2) is 6.62. The van der Waals surface area contributed by atoms with E-state index in [1.807, 2.05) is 0 Å². The van der Waals surface area contributed by atoms with Gasteiger partial charge in [0, 0.05) is 12.4 Å². The number of halogens is 2. The molecule has 0 bridgehead atoms. The van der Waals surface area contributed by atoms with Gasteiger partial charge < -0.3 is 4.74 Å². The molecular formula is C16H17BrFN3O2. The lowest BCUT2D eigenvalue weighted by Gasteiger charge is -2.26. The number of hydrogen-bond donors (Lipinski definition) is 0. The molecule has 0 atom stereocenters. The van der Waals surface area contributed by atoms with Crippen molar-refractivity contribution >= 4 is 33.7 Å². The minimum Gasteiger partial charge on any atom is -0.443 e. The highest BCUT2D eigenvalue weighted by molar-refractivity contribution is 9.10. The van der Waals surface area contributed by atoms with E-state index in [4.69, 9.17) is 4.74 Å². The van der Waals surface area contributed by atoms with Gasteiger partial charge in [-0.15, -0.1) is 0 Å². The Morgan fingerprint density at radius 1 is 1.22 bits per heavy atom. The first kappa shape index (κ1) is 17.3. The van der Waals surface area contributed by atoms with Crippen LogP contribution in [0.5, 0.6) is 0 Å². The zero-order valence-corrected chi connectivity index (χ0v) is 14.9. The summed E-state index contributed by atoms with van der Waals surface area (Å²) in [4.78, 5) is 21.9. The van der Waals surface area contributed by atoms with Crippen LogP contribution in [0, 0.1) is 12.7 Å². The summed E-state index contributed by atoms with van der Waals surface area (Å²) in [6, 6.07) is 4.28. The number of hydrogen-bond acceptors (Lipinski definition) is 4. The molecule has 122 valence electrons. The Labute approximate surface area is 142 Å². The van der Waals surface area contributed by atoms with Crippen LogP contribution in [0.2, 0.25) is 0 Å². The molecule has 0 spiro atoms. The molecule has 7 heteroatoms. The van der Waals surface area contributed by atoms with Gasteiger partial charge in [0.2, 0.25) is 5.95 Å². The third-order valence-electron chi connectivity index (χ3n) is 2.67. The van der Waals surface area contributed by atoms with Crippen molar-refractivity contribution in [1.82, 2.24) is 9.97 Å². The molecule has 1 aromatic carbocycles. The van der Waals surface area contributed by atoms with Crippen LogP contribution in [0.1, 0.15) is 26.3 Å². The number of aromatic nitrogens is 2. The number of carbonyl (C=O) groups is 1. The standard InChI is InChI=1S/C16H17BrFN3O2/c1-10-5-12(18)7-13(6-10)21(15(22)23-16(2,3)4)14-19-8-11(17)9-20-14/h5-9H,1-4H3. The quantitative estimate of drug-likeness (QED) is 0.752. The molecule has 0 N–H and O–H groups in total. The number of benzene rings is 1. The summed E-state index contributed by atoms with van der Waals surface area (Å²) >= 11 is 3.24. The van der Waals surface area contributed by atoms with E-state index < -0.39 is 17.5 Å². The minimum atomic E-state index is -0.701.